The van der Waals surface area contributed by atoms with Crippen LogP contribution in [0.15, 0.2) is 55.0 Å². The Hall–Kier alpha value is -2.42. The molecule has 0 bridgehead atoms. The van der Waals surface area contributed by atoms with Crippen molar-refractivity contribution in [2.45, 2.75) is 6.54 Å². The molecule has 18 heavy (non-hydrogen) atoms. The third kappa shape index (κ3) is 1.91. The predicted octanol–water partition coefficient (Wildman–Crippen LogP) is 2.90. The average Bonchev–Trinajstić information content (AvgIpc) is 2.82. The fraction of sp³-hybridized carbons (Fsp3) is 0.0667. The normalized spacial score (nSPS) is 10.7. The van der Waals surface area contributed by atoms with Crippen molar-refractivity contribution in [3.63, 3.8) is 0 Å². The molecule has 3 heteroatoms. The van der Waals surface area contributed by atoms with E-state index in [1.165, 1.54) is 5.56 Å². The van der Waals surface area contributed by atoms with E-state index in [9.17, 15) is 4.79 Å². The van der Waals surface area contributed by atoms with Gasteiger partial charge in [-0.05, 0) is 35.2 Å². The van der Waals surface area contributed by atoms with Crippen molar-refractivity contribution in [1.82, 2.24) is 9.55 Å². The van der Waals surface area contributed by atoms with Crippen LogP contribution in [0.1, 0.15) is 15.9 Å². The maximum Gasteiger partial charge on any atom is 0.150 e. The molecule has 0 N–H and O–H groups in total. The standard InChI is InChI=1S/C15H12N2O/c18-11-13-1-2-14-5-8-17(15(14)9-13)10-12-3-6-16-7-4-12/h1-9,11H,10H2. The fourth-order valence-corrected chi connectivity index (χ4v) is 2.10. The van der Waals surface area contributed by atoms with E-state index in [2.05, 4.69) is 15.6 Å². The summed E-state index contributed by atoms with van der Waals surface area (Å²) >= 11 is 0. The quantitative estimate of drug-likeness (QED) is 0.655. The topological polar surface area (TPSA) is 34.9 Å². The number of carbonyl (C=O) groups excluding carboxylic acids is 1. The van der Waals surface area contributed by atoms with Crippen LogP contribution < -0.4 is 0 Å². The monoisotopic (exact) mass is 236 g/mol. The average molecular weight is 236 g/mol. The van der Waals surface area contributed by atoms with Gasteiger partial charge in [-0.1, -0.05) is 12.1 Å². The molecule has 0 aliphatic heterocycles. The Balaban J connectivity index is 2.04. The Morgan fingerprint density at radius 3 is 2.72 bits per heavy atom. The summed E-state index contributed by atoms with van der Waals surface area (Å²) in [7, 11) is 0. The number of pyridine rings is 1. The van der Waals surface area contributed by atoms with E-state index >= 15 is 0 Å². The highest BCUT2D eigenvalue weighted by atomic mass is 16.1. The number of hydrogen-bond donors (Lipinski definition) is 0. The molecule has 0 radical (unpaired) electrons. The van der Waals surface area contributed by atoms with Crippen molar-refractivity contribution < 1.29 is 4.79 Å². The van der Waals surface area contributed by atoms with Gasteiger partial charge < -0.3 is 4.57 Å². The van der Waals surface area contributed by atoms with E-state index in [4.69, 9.17) is 0 Å². The minimum Gasteiger partial charge on any atom is -0.343 e. The maximum absolute atomic E-state index is 10.8. The Bertz CT molecular complexity index is 686. The summed E-state index contributed by atoms with van der Waals surface area (Å²) < 4.78 is 2.14. The SMILES string of the molecule is O=Cc1ccc2ccn(Cc3ccncc3)c2c1. The molecule has 0 aliphatic carbocycles. The zero-order valence-corrected chi connectivity index (χ0v) is 9.78. The summed E-state index contributed by atoms with van der Waals surface area (Å²) in [6.07, 6.45) is 6.50. The highest BCUT2D eigenvalue weighted by Gasteiger charge is 2.02. The van der Waals surface area contributed by atoms with Crippen LogP contribution in [-0.2, 0) is 6.54 Å². The zero-order valence-electron chi connectivity index (χ0n) is 9.78. The molecule has 0 unspecified atom stereocenters. The second-order valence-electron chi connectivity index (χ2n) is 4.24. The van der Waals surface area contributed by atoms with Crippen LogP contribution in [0.5, 0.6) is 0 Å². The molecule has 3 rings (SSSR count). The van der Waals surface area contributed by atoms with E-state index < -0.39 is 0 Å². The minimum atomic E-state index is 0.706. The van der Waals surface area contributed by atoms with Crippen molar-refractivity contribution >= 4 is 17.2 Å². The lowest BCUT2D eigenvalue weighted by Gasteiger charge is -2.05. The van der Waals surface area contributed by atoms with Gasteiger partial charge in [-0.25, -0.2) is 0 Å². The maximum atomic E-state index is 10.8. The van der Waals surface area contributed by atoms with Gasteiger partial charge >= 0.3 is 0 Å². The largest absolute Gasteiger partial charge is 0.343 e. The number of aldehydes is 1. The van der Waals surface area contributed by atoms with Crippen LogP contribution >= 0.6 is 0 Å². The summed E-state index contributed by atoms with van der Waals surface area (Å²) in [6, 6.07) is 11.8. The summed E-state index contributed by atoms with van der Waals surface area (Å²) in [5.41, 5.74) is 2.98. The third-order valence-corrected chi connectivity index (χ3v) is 3.04. The zero-order chi connectivity index (χ0) is 12.4. The van der Waals surface area contributed by atoms with Crippen LogP contribution in [0.3, 0.4) is 0 Å². The summed E-state index contributed by atoms with van der Waals surface area (Å²) in [6.45, 7) is 0.786. The number of carbonyl (C=O) groups is 1. The van der Waals surface area contributed by atoms with Crippen molar-refractivity contribution in [3.05, 3.63) is 66.1 Å². The van der Waals surface area contributed by atoms with Gasteiger partial charge in [0.25, 0.3) is 0 Å². The molecule has 2 aromatic heterocycles. The lowest BCUT2D eigenvalue weighted by molar-refractivity contribution is 0.112. The van der Waals surface area contributed by atoms with E-state index in [0.29, 0.717) is 5.56 Å². The number of rotatable bonds is 3. The second-order valence-corrected chi connectivity index (χ2v) is 4.24. The van der Waals surface area contributed by atoms with E-state index in [1.54, 1.807) is 12.4 Å². The smallest absolute Gasteiger partial charge is 0.150 e. The minimum absolute atomic E-state index is 0.706. The van der Waals surface area contributed by atoms with Crippen molar-refractivity contribution in [1.29, 1.82) is 0 Å². The molecule has 3 aromatic rings. The van der Waals surface area contributed by atoms with Gasteiger partial charge in [-0.15, -0.1) is 0 Å². The van der Waals surface area contributed by atoms with Gasteiger partial charge in [0.05, 0.1) is 0 Å². The molecule has 2 heterocycles. The Morgan fingerprint density at radius 1 is 1.11 bits per heavy atom. The Labute approximate surface area is 105 Å². The summed E-state index contributed by atoms with van der Waals surface area (Å²) in [5.74, 6) is 0. The van der Waals surface area contributed by atoms with Crippen LogP contribution in [0.4, 0.5) is 0 Å². The van der Waals surface area contributed by atoms with E-state index in [0.717, 1.165) is 23.7 Å². The first-order chi connectivity index (χ1) is 8.86. The highest BCUT2D eigenvalue weighted by Crippen LogP contribution is 2.18. The molecule has 0 saturated heterocycles. The molecule has 0 spiro atoms. The van der Waals surface area contributed by atoms with Crippen molar-refractivity contribution in [2.24, 2.45) is 0 Å². The van der Waals surface area contributed by atoms with Gasteiger partial charge in [0.15, 0.2) is 0 Å². The van der Waals surface area contributed by atoms with Crippen LogP contribution in [0.2, 0.25) is 0 Å². The van der Waals surface area contributed by atoms with E-state index in [1.807, 2.05) is 36.5 Å². The Kier molecular flexibility index (Phi) is 2.65. The van der Waals surface area contributed by atoms with Crippen molar-refractivity contribution in [3.8, 4) is 0 Å². The van der Waals surface area contributed by atoms with Crippen LogP contribution in [-0.4, -0.2) is 15.8 Å². The van der Waals surface area contributed by atoms with Gasteiger partial charge in [0.2, 0.25) is 0 Å². The fourth-order valence-electron chi connectivity index (χ4n) is 2.10. The molecule has 88 valence electrons. The summed E-state index contributed by atoms with van der Waals surface area (Å²) in [5, 5.41) is 1.15. The molecular formula is C15H12N2O. The number of nitrogens with zero attached hydrogens (tertiary/aromatic N) is 2. The lowest BCUT2D eigenvalue weighted by atomic mass is 10.2. The molecule has 0 atom stereocenters. The summed E-state index contributed by atoms with van der Waals surface area (Å²) in [4.78, 5) is 14.8. The first-order valence-corrected chi connectivity index (χ1v) is 5.80. The van der Waals surface area contributed by atoms with Crippen molar-refractivity contribution in [2.75, 3.05) is 0 Å². The number of benzene rings is 1. The molecule has 0 saturated carbocycles. The van der Waals surface area contributed by atoms with Gasteiger partial charge in [0, 0.05) is 36.2 Å². The molecule has 1 aromatic carbocycles. The first kappa shape index (κ1) is 10.7. The van der Waals surface area contributed by atoms with Crippen LogP contribution in [0, 0.1) is 0 Å². The highest BCUT2D eigenvalue weighted by molar-refractivity contribution is 5.87. The third-order valence-electron chi connectivity index (χ3n) is 3.04. The predicted molar refractivity (Wildman–Crippen MR) is 70.7 cm³/mol. The van der Waals surface area contributed by atoms with E-state index in [-0.39, 0.29) is 0 Å². The molecule has 0 fully saturated rings. The molecule has 3 nitrogen and oxygen atoms in total. The first-order valence-electron chi connectivity index (χ1n) is 5.80. The number of fused-ring (bicyclic) bond motifs is 1. The van der Waals surface area contributed by atoms with Crippen LogP contribution in [0.25, 0.3) is 10.9 Å². The molecular weight excluding hydrogens is 224 g/mol. The van der Waals surface area contributed by atoms with Gasteiger partial charge in [-0.2, -0.15) is 0 Å². The number of aromatic nitrogens is 2. The Morgan fingerprint density at radius 2 is 1.94 bits per heavy atom. The molecule has 0 amide bonds. The van der Waals surface area contributed by atoms with Gasteiger partial charge in [0.1, 0.15) is 6.29 Å². The number of hydrogen-bond acceptors (Lipinski definition) is 2. The lowest BCUT2D eigenvalue weighted by Crippen LogP contribution is -1.98. The van der Waals surface area contributed by atoms with Gasteiger partial charge in [-0.3, -0.25) is 9.78 Å². The molecule has 0 aliphatic rings. The second kappa shape index (κ2) is 4.45.